The summed E-state index contributed by atoms with van der Waals surface area (Å²) in [6.07, 6.45) is 2.59. The number of primary amides is 1. The van der Waals surface area contributed by atoms with Gasteiger partial charge >= 0.3 is 0 Å². The molecule has 0 radical (unpaired) electrons. The summed E-state index contributed by atoms with van der Waals surface area (Å²) in [4.78, 5) is 20.7. The largest absolute Gasteiger partial charge is 0.370 e. The van der Waals surface area contributed by atoms with Crippen LogP contribution in [-0.4, -0.2) is 54.9 Å². The van der Waals surface area contributed by atoms with Crippen molar-refractivity contribution < 1.29 is 4.79 Å². The van der Waals surface area contributed by atoms with E-state index in [0.29, 0.717) is 18.9 Å². The molecule has 28 heavy (non-hydrogen) atoms. The van der Waals surface area contributed by atoms with Gasteiger partial charge < -0.3 is 20.9 Å². The molecule has 0 spiro atoms. The molecule has 1 aliphatic rings. The number of hydrogen-bond acceptors (Lipinski definition) is 3. The second-order valence-corrected chi connectivity index (χ2v) is 7.45. The van der Waals surface area contributed by atoms with Crippen LogP contribution in [0.15, 0.2) is 29.3 Å². The van der Waals surface area contributed by atoms with E-state index in [1.165, 1.54) is 11.1 Å². The van der Waals surface area contributed by atoms with Crippen molar-refractivity contribution in [2.45, 2.75) is 46.2 Å². The second kappa shape index (κ2) is 13.0. The molecule has 1 unspecified atom stereocenters. The molecule has 1 aromatic rings. The monoisotopic (exact) mass is 501 g/mol. The van der Waals surface area contributed by atoms with E-state index in [2.05, 4.69) is 60.3 Å². The Hall–Kier alpha value is -1.35. The molecule has 7 heteroatoms. The fraction of sp³-hybridized carbons (Fsp3) is 0.619. The number of amides is 1. The Kier molecular flexibility index (Phi) is 11.4. The molecule has 1 fully saturated rings. The van der Waals surface area contributed by atoms with Crippen LogP contribution in [0.2, 0.25) is 0 Å². The minimum atomic E-state index is -0.211. The Bertz CT molecular complexity index is 637. The van der Waals surface area contributed by atoms with Crippen molar-refractivity contribution in [1.82, 2.24) is 15.1 Å². The minimum absolute atomic E-state index is 0. The van der Waals surface area contributed by atoms with Crippen molar-refractivity contribution in [3.8, 4) is 0 Å². The van der Waals surface area contributed by atoms with Crippen LogP contribution >= 0.6 is 24.0 Å². The van der Waals surface area contributed by atoms with Gasteiger partial charge in [0.15, 0.2) is 5.96 Å². The molecule has 1 saturated heterocycles. The van der Waals surface area contributed by atoms with Gasteiger partial charge in [-0.1, -0.05) is 31.2 Å². The predicted octanol–water partition coefficient (Wildman–Crippen LogP) is 2.81. The number of hydrogen-bond donors (Lipinski definition) is 2. The van der Waals surface area contributed by atoms with Crippen molar-refractivity contribution >= 4 is 35.8 Å². The van der Waals surface area contributed by atoms with Crippen LogP contribution in [0.4, 0.5) is 0 Å². The summed E-state index contributed by atoms with van der Waals surface area (Å²) >= 11 is 0. The summed E-state index contributed by atoms with van der Waals surface area (Å²) in [5, 5.41) is 3.40. The number of nitrogens with two attached hydrogens (primary N) is 1. The molecule has 3 N–H and O–H groups in total. The van der Waals surface area contributed by atoms with Crippen LogP contribution in [0.3, 0.4) is 0 Å². The molecule has 2 rings (SSSR count). The Labute approximate surface area is 187 Å². The van der Waals surface area contributed by atoms with E-state index < -0.39 is 0 Å². The summed E-state index contributed by atoms with van der Waals surface area (Å²) in [5.74, 6) is 1.05. The third kappa shape index (κ3) is 8.34. The fourth-order valence-electron chi connectivity index (χ4n) is 3.55. The maximum Gasteiger partial charge on any atom is 0.217 e. The molecule has 0 bridgehead atoms. The van der Waals surface area contributed by atoms with Gasteiger partial charge in [-0.25, -0.2) is 4.99 Å². The SMILES string of the molecule is CCNC(=NCc1cccc(CN(C)CC)c1)N1CCCC(CC(N)=O)C1.I. The zero-order chi connectivity index (χ0) is 19.6. The molecular weight excluding hydrogens is 465 g/mol. The summed E-state index contributed by atoms with van der Waals surface area (Å²) in [5.41, 5.74) is 7.93. The molecule has 158 valence electrons. The molecule has 6 nitrogen and oxygen atoms in total. The number of rotatable bonds is 8. The maximum absolute atomic E-state index is 11.3. The van der Waals surface area contributed by atoms with Crippen LogP contribution in [0.25, 0.3) is 0 Å². The molecule has 1 heterocycles. The summed E-state index contributed by atoms with van der Waals surface area (Å²) in [7, 11) is 2.13. The molecule has 0 aliphatic carbocycles. The second-order valence-electron chi connectivity index (χ2n) is 7.45. The number of nitrogens with one attached hydrogen (secondary N) is 1. The van der Waals surface area contributed by atoms with Crippen molar-refractivity contribution in [2.24, 2.45) is 16.6 Å². The van der Waals surface area contributed by atoms with Crippen molar-refractivity contribution in [3.63, 3.8) is 0 Å². The topological polar surface area (TPSA) is 74.0 Å². The maximum atomic E-state index is 11.3. The first-order valence-electron chi connectivity index (χ1n) is 10.1. The summed E-state index contributed by atoms with van der Waals surface area (Å²) < 4.78 is 0. The van der Waals surface area contributed by atoms with E-state index >= 15 is 0 Å². The number of likely N-dealkylation sites (tertiary alicyclic amines) is 1. The first-order chi connectivity index (χ1) is 13.0. The molecule has 1 amide bonds. The van der Waals surface area contributed by atoms with Gasteiger partial charge in [0.25, 0.3) is 0 Å². The Morgan fingerprint density at radius 3 is 2.79 bits per heavy atom. The van der Waals surface area contributed by atoms with Crippen LogP contribution in [0, 0.1) is 5.92 Å². The fourth-order valence-corrected chi connectivity index (χ4v) is 3.55. The number of benzene rings is 1. The van der Waals surface area contributed by atoms with Crippen LogP contribution in [0.5, 0.6) is 0 Å². The van der Waals surface area contributed by atoms with Crippen LogP contribution in [0.1, 0.15) is 44.2 Å². The number of aliphatic imine (C=N–C) groups is 1. The number of carbonyl (C=O) groups is 1. The van der Waals surface area contributed by atoms with Gasteiger partial charge in [0.2, 0.25) is 5.91 Å². The predicted molar refractivity (Wildman–Crippen MR) is 127 cm³/mol. The van der Waals surface area contributed by atoms with E-state index in [-0.39, 0.29) is 29.9 Å². The minimum Gasteiger partial charge on any atom is -0.370 e. The Balaban J connectivity index is 0.00000392. The molecule has 1 aromatic carbocycles. The van der Waals surface area contributed by atoms with Gasteiger partial charge in [-0.15, -0.1) is 24.0 Å². The standard InChI is InChI=1S/C21H35N5O.HI/c1-4-23-21(26-11-7-10-19(16-26)13-20(22)27)24-14-17-8-6-9-18(12-17)15-25(3)5-2;/h6,8-9,12,19H,4-5,7,10-11,13-16H2,1-3H3,(H2,22,27)(H,23,24);1H. The lowest BCUT2D eigenvalue weighted by molar-refractivity contribution is -0.119. The third-order valence-corrected chi connectivity index (χ3v) is 5.04. The Morgan fingerprint density at radius 2 is 2.11 bits per heavy atom. The van der Waals surface area contributed by atoms with Crippen LogP contribution in [-0.2, 0) is 17.9 Å². The molecular formula is C21H36IN5O. The van der Waals surface area contributed by atoms with Crippen molar-refractivity contribution in [2.75, 3.05) is 33.2 Å². The lowest BCUT2D eigenvalue weighted by Gasteiger charge is -2.34. The van der Waals surface area contributed by atoms with Gasteiger partial charge in [-0.05, 0) is 50.4 Å². The number of carbonyl (C=O) groups excluding carboxylic acids is 1. The van der Waals surface area contributed by atoms with Gasteiger partial charge in [0, 0.05) is 32.6 Å². The lowest BCUT2D eigenvalue weighted by Crippen LogP contribution is -2.47. The highest BCUT2D eigenvalue weighted by Crippen LogP contribution is 2.19. The van der Waals surface area contributed by atoms with Crippen molar-refractivity contribution in [3.05, 3.63) is 35.4 Å². The van der Waals surface area contributed by atoms with E-state index in [1.54, 1.807) is 0 Å². The molecule has 0 aromatic heterocycles. The highest BCUT2D eigenvalue weighted by molar-refractivity contribution is 14.0. The van der Waals surface area contributed by atoms with Crippen LogP contribution < -0.4 is 11.1 Å². The quantitative estimate of drug-likeness (QED) is 0.327. The zero-order valence-electron chi connectivity index (χ0n) is 17.5. The molecule has 1 atom stereocenters. The van der Waals surface area contributed by atoms with E-state index in [9.17, 15) is 4.79 Å². The first-order valence-corrected chi connectivity index (χ1v) is 10.1. The normalized spacial score (nSPS) is 17.4. The van der Waals surface area contributed by atoms with Gasteiger partial charge in [-0.2, -0.15) is 0 Å². The van der Waals surface area contributed by atoms with Gasteiger partial charge in [0.1, 0.15) is 0 Å². The first kappa shape index (κ1) is 24.7. The zero-order valence-corrected chi connectivity index (χ0v) is 19.8. The van der Waals surface area contributed by atoms with E-state index in [0.717, 1.165) is 51.5 Å². The molecule has 0 saturated carbocycles. The van der Waals surface area contributed by atoms with Gasteiger partial charge in [0.05, 0.1) is 6.54 Å². The van der Waals surface area contributed by atoms with E-state index in [4.69, 9.17) is 10.7 Å². The highest BCUT2D eigenvalue weighted by Gasteiger charge is 2.23. The lowest BCUT2D eigenvalue weighted by atomic mass is 9.95. The number of nitrogens with zero attached hydrogens (tertiary/aromatic N) is 3. The highest BCUT2D eigenvalue weighted by atomic mass is 127. The molecule has 1 aliphatic heterocycles. The van der Waals surface area contributed by atoms with E-state index in [1.807, 2.05) is 0 Å². The average Bonchev–Trinajstić information content (AvgIpc) is 2.65. The Morgan fingerprint density at radius 1 is 1.36 bits per heavy atom. The third-order valence-electron chi connectivity index (χ3n) is 5.04. The summed E-state index contributed by atoms with van der Waals surface area (Å²) in [6.45, 7) is 9.55. The number of halogens is 1. The van der Waals surface area contributed by atoms with Crippen molar-refractivity contribution in [1.29, 1.82) is 0 Å². The smallest absolute Gasteiger partial charge is 0.217 e. The number of piperidine rings is 1. The summed E-state index contributed by atoms with van der Waals surface area (Å²) in [6, 6.07) is 8.66. The average molecular weight is 501 g/mol. The number of guanidine groups is 1. The van der Waals surface area contributed by atoms with Gasteiger partial charge in [-0.3, -0.25) is 4.79 Å².